The van der Waals surface area contributed by atoms with Crippen molar-refractivity contribution in [2.45, 2.75) is 20.3 Å². The monoisotopic (exact) mass is 254 g/mol. The van der Waals surface area contributed by atoms with Crippen LogP contribution in [0.3, 0.4) is 0 Å². The average molecular weight is 254 g/mol. The molecule has 2 amide bonds. The lowest BCUT2D eigenvalue weighted by Gasteiger charge is -2.22. The van der Waals surface area contributed by atoms with Gasteiger partial charge in [0.2, 0.25) is 0 Å². The van der Waals surface area contributed by atoms with Crippen LogP contribution in [0.25, 0.3) is 0 Å². The summed E-state index contributed by atoms with van der Waals surface area (Å²) in [5.41, 5.74) is 9.39. The van der Waals surface area contributed by atoms with E-state index in [1.54, 1.807) is 0 Å². The Balaban J connectivity index is 2.46. The van der Waals surface area contributed by atoms with Crippen molar-refractivity contribution in [3.05, 3.63) is 59.7 Å². The van der Waals surface area contributed by atoms with Crippen LogP contribution >= 0.6 is 0 Å². The molecule has 0 atom stereocenters. The van der Waals surface area contributed by atoms with E-state index < -0.39 is 6.03 Å². The number of carbonyl (C=O) groups is 1. The predicted molar refractivity (Wildman–Crippen MR) is 78.7 cm³/mol. The molecule has 2 aromatic carbocycles. The minimum absolute atomic E-state index is 0.474. The number of urea groups is 1. The van der Waals surface area contributed by atoms with E-state index in [4.69, 9.17) is 5.73 Å². The number of carbonyl (C=O) groups excluding carboxylic acids is 1. The van der Waals surface area contributed by atoms with Crippen LogP contribution in [-0.2, 0) is 6.42 Å². The number of nitrogens with zero attached hydrogens (tertiary/aromatic N) is 1. The second kappa shape index (κ2) is 5.57. The molecule has 0 aliphatic heterocycles. The van der Waals surface area contributed by atoms with E-state index in [0.29, 0.717) is 0 Å². The SMILES string of the molecule is CCc1ccc(N(C(N)=O)c2ccccc2C)cc1. The topological polar surface area (TPSA) is 46.3 Å². The summed E-state index contributed by atoms with van der Waals surface area (Å²) >= 11 is 0. The molecular weight excluding hydrogens is 236 g/mol. The van der Waals surface area contributed by atoms with Gasteiger partial charge in [-0.05, 0) is 42.7 Å². The number of hydrogen-bond acceptors (Lipinski definition) is 1. The maximum absolute atomic E-state index is 11.8. The molecule has 3 nitrogen and oxygen atoms in total. The van der Waals surface area contributed by atoms with Gasteiger partial charge in [0, 0.05) is 0 Å². The largest absolute Gasteiger partial charge is 0.351 e. The highest BCUT2D eigenvalue weighted by atomic mass is 16.2. The summed E-state index contributed by atoms with van der Waals surface area (Å²) < 4.78 is 0. The van der Waals surface area contributed by atoms with E-state index in [0.717, 1.165) is 23.4 Å². The van der Waals surface area contributed by atoms with Crippen molar-refractivity contribution < 1.29 is 4.79 Å². The zero-order chi connectivity index (χ0) is 13.8. The van der Waals surface area contributed by atoms with Crippen LogP contribution in [0.2, 0.25) is 0 Å². The summed E-state index contributed by atoms with van der Waals surface area (Å²) in [7, 11) is 0. The van der Waals surface area contributed by atoms with Gasteiger partial charge in [0.05, 0.1) is 11.4 Å². The number of benzene rings is 2. The van der Waals surface area contributed by atoms with Gasteiger partial charge in [-0.2, -0.15) is 0 Å². The lowest BCUT2D eigenvalue weighted by Crippen LogP contribution is -2.31. The molecule has 0 radical (unpaired) electrons. The molecule has 0 aliphatic carbocycles. The summed E-state index contributed by atoms with van der Waals surface area (Å²) in [6.45, 7) is 4.06. The highest BCUT2D eigenvalue weighted by molar-refractivity contribution is 5.99. The van der Waals surface area contributed by atoms with Gasteiger partial charge < -0.3 is 5.73 Å². The molecule has 98 valence electrons. The minimum Gasteiger partial charge on any atom is -0.351 e. The molecule has 0 saturated carbocycles. The summed E-state index contributed by atoms with van der Waals surface area (Å²) in [4.78, 5) is 13.3. The number of aryl methyl sites for hydroxylation is 2. The average Bonchev–Trinajstić information content (AvgIpc) is 2.42. The summed E-state index contributed by atoms with van der Waals surface area (Å²) in [6, 6.07) is 15.1. The fourth-order valence-corrected chi connectivity index (χ4v) is 2.08. The van der Waals surface area contributed by atoms with Gasteiger partial charge in [0.25, 0.3) is 0 Å². The first-order chi connectivity index (χ1) is 9.13. The van der Waals surface area contributed by atoms with Crippen molar-refractivity contribution >= 4 is 17.4 Å². The Bertz CT molecular complexity index is 576. The molecule has 2 aromatic rings. The number of para-hydroxylation sites is 1. The second-order valence-corrected chi connectivity index (χ2v) is 4.48. The van der Waals surface area contributed by atoms with Gasteiger partial charge in [-0.1, -0.05) is 37.3 Å². The Morgan fingerprint density at radius 3 is 2.26 bits per heavy atom. The first-order valence-corrected chi connectivity index (χ1v) is 6.37. The Hall–Kier alpha value is -2.29. The third kappa shape index (κ3) is 2.76. The molecule has 19 heavy (non-hydrogen) atoms. The fourth-order valence-electron chi connectivity index (χ4n) is 2.08. The van der Waals surface area contributed by atoms with E-state index in [2.05, 4.69) is 6.92 Å². The summed E-state index contributed by atoms with van der Waals surface area (Å²) in [5.74, 6) is 0. The quantitative estimate of drug-likeness (QED) is 0.890. The molecule has 3 heteroatoms. The normalized spacial score (nSPS) is 10.2. The lowest BCUT2D eigenvalue weighted by atomic mass is 10.1. The standard InChI is InChI=1S/C16H18N2O/c1-3-13-8-10-14(11-9-13)18(16(17)19)15-7-5-4-6-12(15)2/h4-11H,3H2,1-2H3,(H2,17,19). The van der Waals surface area contributed by atoms with Crippen molar-refractivity contribution in [2.24, 2.45) is 5.73 Å². The Morgan fingerprint density at radius 1 is 1.11 bits per heavy atom. The number of primary amides is 1. The Labute approximate surface area is 113 Å². The van der Waals surface area contributed by atoms with Crippen molar-refractivity contribution in [2.75, 3.05) is 4.90 Å². The number of amides is 2. The van der Waals surface area contributed by atoms with Gasteiger partial charge in [-0.15, -0.1) is 0 Å². The molecule has 0 unspecified atom stereocenters. The van der Waals surface area contributed by atoms with Crippen LogP contribution in [0.4, 0.5) is 16.2 Å². The molecule has 0 bridgehead atoms. The van der Waals surface area contributed by atoms with Crippen molar-refractivity contribution in [1.29, 1.82) is 0 Å². The predicted octanol–water partition coefficient (Wildman–Crippen LogP) is 3.77. The van der Waals surface area contributed by atoms with E-state index in [9.17, 15) is 4.79 Å². The van der Waals surface area contributed by atoms with E-state index in [-0.39, 0.29) is 0 Å². The van der Waals surface area contributed by atoms with Crippen molar-refractivity contribution in [3.63, 3.8) is 0 Å². The molecule has 0 heterocycles. The van der Waals surface area contributed by atoms with Crippen LogP contribution in [0, 0.1) is 6.92 Å². The fraction of sp³-hybridized carbons (Fsp3) is 0.188. The Kier molecular flexibility index (Phi) is 3.85. The maximum Gasteiger partial charge on any atom is 0.323 e. The maximum atomic E-state index is 11.8. The van der Waals surface area contributed by atoms with Crippen molar-refractivity contribution in [3.8, 4) is 0 Å². The molecular formula is C16H18N2O. The molecule has 0 spiro atoms. The number of nitrogens with two attached hydrogens (primary N) is 1. The summed E-state index contributed by atoms with van der Waals surface area (Å²) in [5, 5.41) is 0. The molecule has 0 fully saturated rings. The van der Waals surface area contributed by atoms with Gasteiger partial charge >= 0.3 is 6.03 Å². The zero-order valence-electron chi connectivity index (χ0n) is 11.3. The zero-order valence-corrected chi connectivity index (χ0v) is 11.3. The molecule has 2 rings (SSSR count). The van der Waals surface area contributed by atoms with Gasteiger partial charge in [-0.25, -0.2) is 4.79 Å². The first kappa shape index (κ1) is 13.1. The van der Waals surface area contributed by atoms with E-state index in [1.165, 1.54) is 10.5 Å². The Morgan fingerprint density at radius 2 is 1.74 bits per heavy atom. The first-order valence-electron chi connectivity index (χ1n) is 6.37. The summed E-state index contributed by atoms with van der Waals surface area (Å²) in [6.07, 6.45) is 0.973. The van der Waals surface area contributed by atoms with Gasteiger partial charge in [0.15, 0.2) is 0 Å². The second-order valence-electron chi connectivity index (χ2n) is 4.48. The van der Waals surface area contributed by atoms with Gasteiger partial charge in [-0.3, -0.25) is 4.90 Å². The molecule has 2 N–H and O–H groups in total. The van der Waals surface area contributed by atoms with Crippen LogP contribution in [0.1, 0.15) is 18.1 Å². The molecule has 0 aromatic heterocycles. The third-order valence-electron chi connectivity index (χ3n) is 3.18. The highest BCUT2D eigenvalue weighted by Gasteiger charge is 2.16. The number of rotatable bonds is 3. The van der Waals surface area contributed by atoms with Crippen LogP contribution in [0.15, 0.2) is 48.5 Å². The minimum atomic E-state index is -0.474. The number of hydrogen-bond donors (Lipinski definition) is 1. The molecule has 0 saturated heterocycles. The van der Waals surface area contributed by atoms with Crippen LogP contribution in [0.5, 0.6) is 0 Å². The third-order valence-corrected chi connectivity index (χ3v) is 3.18. The highest BCUT2D eigenvalue weighted by Crippen LogP contribution is 2.28. The lowest BCUT2D eigenvalue weighted by molar-refractivity contribution is 0.256. The van der Waals surface area contributed by atoms with Crippen LogP contribution < -0.4 is 10.6 Å². The van der Waals surface area contributed by atoms with Crippen LogP contribution in [-0.4, -0.2) is 6.03 Å². The van der Waals surface area contributed by atoms with E-state index in [1.807, 2.05) is 55.5 Å². The molecule has 0 aliphatic rings. The van der Waals surface area contributed by atoms with Gasteiger partial charge in [0.1, 0.15) is 0 Å². The van der Waals surface area contributed by atoms with E-state index >= 15 is 0 Å². The smallest absolute Gasteiger partial charge is 0.323 e. The number of anilines is 2. The van der Waals surface area contributed by atoms with Crippen molar-refractivity contribution in [1.82, 2.24) is 0 Å².